The summed E-state index contributed by atoms with van der Waals surface area (Å²) in [7, 11) is 0. The molecular formula is C10H8N2O2. The predicted molar refractivity (Wildman–Crippen MR) is 52.8 cm³/mol. The maximum Gasteiger partial charge on any atom is 0.156 e. The summed E-state index contributed by atoms with van der Waals surface area (Å²) in [5, 5.41) is 8.75. The first kappa shape index (κ1) is 8.50. The number of carbonyl (C=O) groups is 1. The van der Waals surface area contributed by atoms with Crippen molar-refractivity contribution < 1.29 is 9.90 Å². The van der Waals surface area contributed by atoms with E-state index in [1.54, 1.807) is 0 Å². The minimum atomic E-state index is 0.140. The molecule has 70 valence electrons. The Morgan fingerprint density at radius 3 is 2.86 bits per heavy atom. The van der Waals surface area contributed by atoms with Gasteiger partial charge in [0.15, 0.2) is 6.29 Å². The molecule has 0 spiro atoms. The Balaban J connectivity index is 2.60. The molecule has 0 fully saturated rings. The van der Waals surface area contributed by atoms with Crippen molar-refractivity contribution in [3.8, 4) is 0 Å². The molecule has 2 rings (SSSR count). The van der Waals surface area contributed by atoms with E-state index in [2.05, 4.69) is 9.97 Å². The molecule has 0 bridgehead atoms. The van der Waals surface area contributed by atoms with Crippen LogP contribution in [0.15, 0.2) is 30.5 Å². The summed E-state index contributed by atoms with van der Waals surface area (Å²) >= 11 is 0. The molecule has 4 nitrogen and oxygen atoms in total. The van der Waals surface area contributed by atoms with Crippen molar-refractivity contribution in [2.24, 2.45) is 0 Å². The molecule has 0 saturated carbocycles. The lowest BCUT2D eigenvalue weighted by molar-refractivity contribution is -0.103. The van der Waals surface area contributed by atoms with Crippen LogP contribution < -0.4 is 0 Å². The number of para-hydroxylation sites is 2. The van der Waals surface area contributed by atoms with E-state index in [9.17, 15) is 4.79 Å². The smallest absolute Gasteiger partial charge is 0.156 e. The van der Waals surface area contributed by atoms with Crippen LogP contribution in [-0.2, 0) is 4.79 Å². The fourth-order valence-electron chi connectivity index (χ4n) is 1.24. The van der Waals surface area contributed by atoms with Crippen molar-refractivity contribution in [1.29, 1.82) is 0 Å². The molecule has 14 heavy (non-hydrogen) atoms. The summed E-state index contributed by atoms with van der Waals surface area (Å²) in [6, 6.07) is 7.41. The van der Waals surface area contributed by atoms with E-state index in [-0.39, 0.29) is 5.57 Å². The molecule has 0 aliphatic heterocycles. The summed E-state index contributed by atoms with van der Waals surface area (Å²) in [6.45, 7) is 0. The quantitative estimate of drug-likeness (QED) is 0.428. The van der Waals surface area contributed by atoms with Gasteiger partial charge in [-0.15, -0.1) is 0 Å². The van der Waals surface area contributed by atoms with Crippen molar-refractivity contribution in [2.45, 2.75) is 0 Å². The lowest BCUT2D eigenvalue weighted by Crippen LogP contribution is -1.87. The first-order chi connectivity index (χ1) is 6.85. The summed E-state index contributed by atoms with van der Waals surface area (Å²) in [5.74, 6) is 0.378. The first-order valence-electron chi connectivity index (χ1n) is 4.10. The number of hydrogen-bond acceptors (Lipinski definition) is 3. The van der Waals surface area contributed by atoms with Crippen LogP contribution in [0.3, 0.4) is 0 Å². The second-order valence-electron chi connectivity index (χ2n) is 2.80. The maximum absolute atomic E-state index is 10.5. The van der Waals surface area contributed by atoms with Crippen molar-refractivity contribution >= 4 is 22.9 Å². The number of benzene rings is 1. The van der Waals surface area contributed by atoms with Gasteiger partial charge in [0.1, 0.15) is 5.82 Å². The number of aromatic nitrogens is 2. The van der Waals surface area contributed by atoms with E-state index < -0.39 is 0 Å². The first-order valence-corrected chi connectivity index (χ1v) is 4.10. The highest BCUT2D eigenvalue weighted by Crippen LogP contribution is 2.14. The van der Waals surface area contributed by atoms with E-state index in [0.717, 1.165) is 17.3 Å². The average Bonchev–Trinajstić information content (AvgIpc) is 2.63. The van der Waals surface area contributed by atoms with Crippen LogP contribution >= 0.6 is 0 Å². The monoisotopic (exact) mass is 188 g/mol. The van der Waals surface area contributed by atoms with Gasteiger partial charge in [-0.2, -0.15) is 0 Å². The third-order valence-corrected chi connectivity index (χ3v) is 1.93. The van der Waals surface area contributed by atoms with E-state index in [4.69, 9.17) is 5.11 Å². The number of hydrogen-bond donors (Lipinski definition) is 2. The van der Waals surface area contributed by atoms with Gasteiger partial charge in [-0.05, 0) is 12.1 Å². The number of rotatable bonds is 2. The van der Waals surface area contributed by atoms with Gasteiger partial charge >= 0.3 is 0 Å². The number of nitrogens with zero attached hydrogens (tertiary/aromatic N) is 1. The van der Waals surface area contributed by atoms with Crippen molar-refractivity contribution in [3.05, 3.63) is 36.4 Å². The molecule has 1 aromatic heterocycles. The van der Waals surface area contributed by atoms with Crippen LogP contribution in [0.4, 0.5) is 0 Å². The number of fused-ring (bicyclic) bond motifs is 1. The lowest BCUT2D eigenvalue weighted by atomic mass is 10.3. The van der Waals surface area contributed by atoms with E-state index in [1.807, 2.05) is 24.3 Å². The number of carbonyl (C=O) groups excluding carboxylic acids is 1. The van der Waals surface area contributed by atoms with Crippen LogP contribution in [0.1, 0.15) is 5.82 Å². The molecule has 2 aromatic rings. The Bertz CT molecular complexity index is 467. The molecule has 0 aliphatic rings. The van der Waals surface area contributed by atoms with Crippen LogP contribution in [0.25, 0.3) is 16.6 Å². The molecule has 1 aromatic carbocycles. The minimum absolute atomic E-state index is 0.140. The number of aliphatic hydroxyl groups excluding tert-OH is 1. The fourth-order valence-corrected chi connectivity index (χ4v) is 1.24. The summed E-state index contributed by atoms with van der Waals surface area (Å²) in [5.41, 5.74) is 1.74. The second-order valence-corrected chi connectivity index (χ2v) is 2.80. The number of aliphatic hydroxyl groups is 1. The number of allylic oxidation sites excluding steroid dienone is 1. The van der Waals surface area contributed by atoms with Gasteiger partial charge in [0.05, 0.1) is 22.9 Å². The zero-order chi connectivity index (χ0) is 9.97. The third kappa shape index (κ3) is 1.26. The number of H-pyrrole nitrogens is 1. The molecule has 0 aliphatic carbocycles. The summed E-state index contributed by atoms with van der Waals surface area (Å²) in [4.78, 5) is 17.6. The van der Waals surface area contributed by atoms with Gasteiger partial charge in [-0.1, -0.05) is 12.1 Å². The molecular weight excluding hydrogens is 180 g/mol. The Morgan fingerprint density at radius 2 is 2.21 bits per heavy atom. The molecule has 0 atom stereocenters. The van der Waals surface area contributed by atoms with Crippen LogP contribution in [0, 0.1) is 0 Å². The van der Waals surface area contributed by atoms with Crippen molar-refractivity contribution in [1.82, 2.24) is 9.97 Å². The largest absolute Gasteiger partial charge is 0.515 e. The predicted octanol–water partition coefficient (Wildman–Crippen LogP) is 1.66. The third-order valence-electron chi connectivity index (χ3n) is 1.93. The van der Waals surface area contributed by atoms with Gasteiger partial charge in [0.2, 0.25) is 0 Å². The molecule has 1 heterocycles. The van der Waals surface area contributed by atoms with Crippen LogP contribution in [0.2, 0.25) is 0 Å². The average molecular weight is 188 g/mol. The van der Waals surface area contributed by atoms with Gasteiger partial charge in [0, 0.05) is 0 Å². The second kappa shape index (κ2) is 3.33. The van der Waals surface area contributed by atoms with Crippen LogP contribution in [-0.4, -0.2) is 21.4 Å². The fraction of sp³-hybridized carbons (Fsp3) is 0. The highest BCUT2D eigenvalue weighted by Gasteiger charge is 2.06. The molecule has 2 N–H and O–H groups in total. The number of nitrogens with one attached hydrogen (secondary N) is 1. The zero-order valence-electron chi connectivity index (χ0n) is 7.27. The normalized spacial score (nSPS) is 11.9. The van der Waals surface area contributed by atoms with Gasteiger partial charge in [-0.3, -0.25) is 4.79 Å². The molecule has 0 amide bonds. The lowest BCUT2D eigenvalue weighted by Gasteiger charge is -1.88. The minimum Gasteiger partial charge on any atom is -0.515 e. The molecule has 0 unspecified atom stereocenters. The Morgan fingerprint density at radius 1 is 1.43 bits per heavy atom. The Labute approximate surface area is 79.9 Å². The van der Waals surface area contributed by atoms with Gasteiger partial charge < -0.3 is 10.1 Å². The summed E-state index contributed by atoms with van der Waals surface area (Å²) < 4.78 is 0. The topological polar surface area (TPSA) is 66.0 Å². The summed E-state index contributed by atoms with van der Waals surface area (Å²) in [6.07, 6.45) is 1.29. The van der Waals surface area contributed by atoms with Crippen molar-refractivity contribution in [2.75, 3.05) is 0 Å². The number of aldehydes is 1. The van der Waals surface area contributed by atoms with Crippen LogP contribution in [0.5, 0.6) is 0 Å². The van der Waals surface area contributed by atoms with Crippen molar-refractivity contribution in [3.63, 3.8) is 0 Å². The Kier molecular flexibility index (Phi) is 2.02. The highest BCUT2D eigenvalue weighted by molar-refractivity contribution is 6.05. The molecule has 0 radical (unpaired) electrons. The van der Waals surface area contributed by atoms with Gasteiger partial charge in [0.25, 0.3) is 0 Å². The maximum atomic E-state index is 10.5. The SMILES string of the molecule is O=CC(=CO)c1nc2ccccc2[nH]1. The van der Waals surface area contributed by atoms with Gasteiger partial charge in [-0.25, -0.2) is 4.98 Å². The number of imidazole rings is 1. The van der Waals surface area contributed by atoms with E-state index >= 15 is 0 Å². The van der Waals surface area contributed by atoms with E-state index in [0.29, 0.717) is 12.1 Å². The van der Waals surface area contributed by atoms with E-state index in [1.165, 1.54) is 0 Å². The Hall–Kier alpha value is -2.10. The highest BCUT2D eigenvalue weighted by atomic mass is 16.2. The standard InChI is InChI=1S/C10H8N2O2/c13-5-7(6-14)10-11-8-3-1-2-4-9(8)12-10/h1-6,13H,(H,11,12). The zero-order valence-corrected chi connectivity index (χ0v) is 7.27. The molecule has 0 saturated heterocycles. The number of aromatic amines is 1. The molecule has 4 heteroatoms.